The Kier molecular flexibility index (Phi) is 2.40. The van der Waals surface area contributed by atoms with Gasteiger partial charge in [-0.2, -0.15) is 0 Å². The van der Waals surface area contributed by atoms with Gasteiger partial charge >= 0.3 is 5.97 Å². The Labute approximate surface area is 95.3 Å². The number of thiophene rings is 1. The minimum atomic E-state index is -0.911. The van der Waals surface area contributed by atoms with Gasteiger partial charge in [-0.15, -0.1) is 11.3 Å². The normalized spacial score (nSPS) is 10.9. The average Bonchev–Trinajstić information content (AvgIpc) is 2.42. The molecule has 0 amide bonds. The van der Waals surface area contributed by atoms with E-state index < -0.39 is 5.97 Å². The molecule has 0 aliphatic rings. The lowest BCUT2D eigenvalue weighted by Crippen LogP contribution is -1.93. The minimum absolute atomic E-state index is 0.336. The Morgan fingerprint density at radius 2 is 2.20 bits per heavy atom. The maximum Gasteiger partial charge on any atom is 0.346 e. The van der Waals surface area contributed by atoms with Gasteiger partial charge in [-0.3, -0.25) is 0 Å². The number of halogens is 1. The van der Waals surface area contributed by atoms with Crippen molar-refractivity contribution in [1.82, 2.24) is 4.98 Å². The van der Waals surface area contributed by atoms with Crippen LogP contribution < -0.4 is 0 Å². The van der Waals surface area contributed by atoms with Gasteiger partial charge in [0, 0.05) is 5.39 Å². The van der Waals surface area contributed by atoms with Gasteiger partial charge < -0.3 is 5.11 Å². The van der Waals surface area contributed by atoms with Gasteiger partial charge in [-0.05, 0) is 31.0 Å². The summed E-state index contributed by atoms with van der Waals surface area (Å²) in [4.78, 5) is 16.1. The number of hydrogen-bond donors (Lipinski definition) is 1. The number of aromatic nitrogens is 1. The third-order valence-corrected chi connectivity index (χ3v) is 3.63. The molecular formula is C10H8ClNO2S. The molecule has 2 heterocycles. The lowest BCUT2D eigenvalue weighted by molar-refractivity contribution is 0.0701. The van der Waals surface area contributed by atoms with E-state index in [0.29, 0.717) is 14.9 Å². The summed E-state index contributed by atoms with van der Waals surface area (Å²) in [6.07, 6.45) is 0. The molecule has 0 radical (unpaired) electrons. The monoisotopic (exact) mass is 241 g/mol. The molecule has 2 rings (SSSR count). The van der Waals surface area contributed by atoms with Crippen LogP contribution in [0.25, 0.3) is 10.2 Å². The van der Waals surface area contributed by atoms with Gasteiger partial charge in [-0.25, -0.2) is 9.78 Å². The topological polar surface area (TPSA) is 50.2 Å². The first-order chi connectivity index (χ1) is 7.00. The number of nitrogens with zero attached hydrogens (tertiary/aromatic N) is 1. The fourth-order valence-electron chi connectivity index (χ4n) is 1.63. The van der Waals surface area contributed by atoms with Crippen LogP contribution in [0.15, 0.2) is 6.07 Å². The Morgan fingerprint density at radius 3 is 2.80 bits per heavy atom. The SMILES string of the molecule is Cc1cc(Cl)nc2sc(C(=O)O)c(C)c12. The molecule has 0 aliphatic heterocycles. The smallest absolute Gasteiger partial charge is 0.346 e. The highest BCUT2D eigenvalue weighted by Crippen LogP contribution is 2.32. The molecule has 0 bridgehead atoms. The second kappa shape index (κ2) is 3.47. The summed E-state index contributed by atoms with van der Waals surface area (Å²) in [5.74, 6) is -0.911. The van der Waals surface area contributed by atoms with E-state index in [0.717, 1.165) is 16.5 Å². The molecule has 78 valence electrons. The Balaban J connectivity index is 2.88. The Bertz CT molecular complexity index is 562. The van der Waals surface area contributed by atoms with Crippen LogP contribution >= 0.6 is 22.9 Å². The molecule has 3 nitrogen and oxygen atoms in total. The van der Waals surface area contributed by atoms with E-state index in [1.807, 2.05) is 6.92 Å². The van der Waals surface area contributed by atoms with Crippen LogP contribution in [-0.2, 0) is 0 Å². The molecule has 0 atom stereocenters. The highest BCUT2D eigenvalue weighted by atomic mass is 35.5. The molecule has 1 N–H and O–H groups in total. The maximum atomic E-state index is 10.9. The van der Waals surface area contributed by atoms with E-state index in [1.54, 1.807) is 13.0 Å². The summed E-state index contributed by atoms with van der Waals surface area (Å²) >= 11 is 6.98. The zero-order valence-electron chi connectivity index (χ0n) is 8.17. The molecule has 2 aromatic heterocycles. The summed E-state index contributed by atoms with van der Waals surface area (Å²) in [6, 6.07) is 1.75. The summed E-state index contributed by atoms with van der Waals surface area (Å²) in [5, 5.41) is 10.3. The van der Waals surface area contributed by atoms with Crippen molar-refractivity contribution in [3.63, 3.8) is 0 Å². The molecule has 0 saturated carbocycles. The van der Waals surface area contributed by atoms with Gasteiger partial charge in [0.05, 0.1) is 0 Å². The number of carboxylic acid groups (broad SMARTS) is 1. The number of carbonyl (C=O) groups is 1. The predicted octanol–water partition coefficient (Wildman–Crippen LogP) is 3.26. The van der Waals surface area contributed by atoms with Crippen molar-refractivity contribution in [2.45, 2.75) is 13.8 Å². The first kappa shape index (κ1) is 10.4. The third-order valence-electron chi connectivity index (χ3n) is 2.26. The molecule has 0 saturated heterocycles. The maximum absolute atomic E-state index is 10.9. The number of fused-ring (bicyclic) bond motifs is 1. The molecular weight excluding hydrogens is 234 g/mol. The molecule has 2 aromatic rings. The van der Waals surface area contributed by atoms with Gasteiger partial charge in [0.25, 0.3) is 0 Å². The summed E-state index contributed by atoms with van der Waals surface area (Å²) < 4.78 is 0. The first-order valence-corrected chi connectivity index (χ1v) is 5.49. The van der Waals surface area contributed by atoms with Crippen LogP contribution in [0, 0.1) is 13.8 Å². The van der Waals surface area contributed by atoms with Gasteiger partial charge in [-0.1, -0.05) is 11.6 Å². The molecule has 0 fully saturated rings. The number of aromatic carboxylic acids is 1. The fraction of sp³-hybridized carbons (Fsp3) is 0.200. The lowest BCUT2D eigenvalue weighted by atomic mass is 10.1. The number of pyridine rings is 1. The van der Waals surface area contributed by atoms with Crippen LogP contribution in [-0.4, -0.2) is 16.1 Å². The molecule has 0 spiro atoms. The Hall–Kier alpha value is -1.13. The summed E-state index contributed by atoms with van der Waals surface area (Å²) in [6.45, 7) is 3.70. The van der Waals surface area contributed by atoms with E-state index in [2.05, 4.69) is 4.98 Å². The van der Waals surface area contributed by atoms with Crippen LogP contribution in [0.3, 0.4) is 0 Å². The van der Waals surface area contributed by atoms with Crippen molar-refractivity contribution in [2.24, 2.45) is 0 Å². The molecule has 15 heavy (non-hydrogen) atoms. The van der Waals surface area contributed by atoms with Crippen molar-refractivity contribution in [3.8, 4) is 0 Å². The van der Waals surface area contributed by atoms with E-state index in [1.165, 1.54) is 11.3 Å². The number of rotatable bonds is 1. The van der Waals surface area contributed by atoms with Crippen molar-refractivity contribution < 1.29 is 9.90 Å². The number of carboxylic acids is 1. The molecule has 0 unspecified atom stereocenters. The lowest BCUT2D eigenvalue weighted by Gasteiger charge is -1.98. The third kappa shape index (κ3) is 1.60. The van der Waals surface area contributed by atoms with Gasteiger partial charge in [0.1, 0.15) is 14.9 Å². The fourth-order valence-corrected chi connectivity index (χ4v) is 3.02. The van der Waals surface area contributed by atoms with Crippen molar-refractivity contribution >= 4 is 39.1 Å². The van der Waals surface area contributed by atoms with Gasteiger partial charge in [0.2, 0.25) is 0 Å². The molecule has 5 heteroatoms. The van der Waals surface area contributed by atoms with E-state index >= 15 is 0 Å². The highest BCUT2D eigenvalue weighted by molar-refractivity contribution is 7.20. The summed E-state index contributed by atoms with van der Waals surface area (Å²) in [7, 11) is 0. The molecule has 0 aromatic carbocycles. The van der Waals surface area contributed by atoms with Crippen LogP contribution in [0.4, 0.5) is 0 Å². The van der Waals surface area contributed by atoms with Gasteiger partial charge in [0.15, 0.2) is 0 Å². The van der Waals surface area contributed by atoms with Crippen LogP contribution in [0.2, 0.25) is 5.15 Å². The standard InChI is InChI=1S/C10H8ClNO2S/c1-4-3-6(11)12-9-7(4)5(2)8(15-9)10(13)14/h3H,1-2H3,(H,13,14). The van der Waals surface area contributed by atoms with Crippen molar-refractivity contribution in [2.75, 3.05) is 0 Å². The minimum Gasteiger partial charge on any atom is -0.477 e. The zero-order valence-corrected chi connectivity index (χ0v) is 9.74. The van der Waals surface area contributed by atoms with Crippen LogP contribution in [0.1, 0.15) is 20.8 Å². The average molecular weight is 242 g/mol. The number of hydrogen-bond acceptors (Lipinski definition) is 3. The quantitative estimate of drug-likeness (QED) is 0.780. The second-order valence-corrected chi connectivity index (χ2v) is 4.69. The van der Waals surface area contributed by atoms with E-state index in [-0.39, 0.29) is 0 Å². The van der Waals surface area contributed by atoms with E-state index in [4.69, 9.17) is 16.7 Å². The van der Waals surface area contributed by atoms with Crippen molar-refractivity contribution in [3.05, 3.63) is 27.2 Å². The second-order valence-electron chi connectivity index (χ2n) is 3.30. The van der Waals surface area contributed by atoms with Crippen LogP contribution in [0.5, 0.6) is 0 Å². The van der Waals surface area contributed by atoms with E-state index in [9.17, 15) is 4.79 Å². The number of aryl methyl sites for hydroxylation is 2. The largest absolute Gasteiger partial charge is 0.477 e. The Morgan fingerprint density at radius 1 is 1.53 bits per heavy atom. The highest BCUT2D eigenvalue weighted by Gasteiger charge is 2.16. The van der Waals surface area contributed by atoms with Crippen molar-refractivity contribution in [1.29, 1.82) is 0 Å². The molecule has 0 aliphatic carbocycles. The predicted molar refractivity (Wildman–Crippen MR) is 61.1 cm³/mol. The summed E-state index contributed by atoms with van der Waals surface area (Å²) in [5.41, 5.74) is 1.73. The zero-order chi connectivity index (χ0) is 11.2. The first-order valence-electron chi connectivity index (χ1n) is 4.30.